The second-order valence-corrected chi connectivity index (χ2v) is 5.26. The number of pyridine rings is 1. The number of nitrogens with zero attached hydrogens (tertiary/aromatic N) is 2. The summed E-state index contributed by atoms with van der Waals surface area (Å²) in [6, 6.07) is 5.23. The van der Waals surface area contributed by atoms with Crippen LogP contribution in [0.15, 0.2) is 24.4 Å². The fraction of sp³-hybridized carbons (Fsp3) is 0.533. The molecule has 1 aliphatic heterocycles. The molecule has 0 saturated carbocycles. The number of rotatable bonds is 4. The van der Waals surface area contributed by atoms with Crippen molar-refractivity contribution < 1.29 is 9.59 Å². The van der Waals surface area contributed by atoms with Gasteiger partial charge in [0.15, 0.2) is 0 Å². The SMILES string of the molecule is CCC(C)C1NC(=O)CCN(Cc2ccccn2)C1=O. The van der Waals surface area contributed by atoms with E-state index in [4.69, 9.17) is 0 Å². The average Bonchev–Trinajstić information content (AvgIpc) is 2.61. The van der Waals surface area contributed by atoms with Crippen molar-refractivity contribution in [3.63, 3.8) is 0 Å². The number of nitrogens with one attached hydrogen (secondary N) is 1. The Morgan fingerprint density at radius 1 is 1.45 bits per heavy atom. The molecule has 0 aliphatic carbocycles. The Balaban J connectivity index is 2.15. The second-order valence-electron chi connectivity index (χ2n) is 5.26. The Labute approximate surface area is 119 Å². The summed E-state index contributed by atoms with van der Waals surface area (Å²) in [7, 11) is 0. The Kier molecular flexibility index (Phi) is 4.71. The number of hydrogen-bond acceptors (Lipinski definition) is 3. The molecule has 1 saturated heterocycles. The Morgan fingerprint density at radius 2 is 2.25 bits per heavy atom. The van der Waals surface area contributed by atoms with Gasteiger partial charge in [0.05, 0.1) is 12.2 Å². The number of amides is 2. The molecule has 20 heavy (non-hydrogen) atoms. The van der Waals surface area contributed by atoms with Gasteiger partial charge in [0, 0.05) is 19.2 Å². The summed E-state index contributed by atoms with van der Waals surface area (Å²) in [4.78, 5) is 30.3. The highest BCUT2D eigenvalue weighted by molar-refractivity contribution is 5.90. The number of aromatic nitrogens is 1. The second kappa shape index (κ2) is 6.50. The molecule has 2 rings (SSSR count). The maximum Gasteiger partial charge on any atom is 0.245 e. The van der Waals surface area contributed by atoms with Crippen LogP contribution in [-0.2, 0) is 16.1 Å². The lowest BCUT2D eigenvalue weighted by Gasteiger charge is -2.26. The van der Waals surface area contributed by atoms with Crippen molar-refractivity contribution >= 4 is 11.8 Å². The molecule has 2 heterocycles. The van der Waals surface area contributed by atoms with Crippen molar-refractivity contribution in [1.29, 1.82) is 0 Å². The van der Waals surface area contributed by atoms with E-state index in [1.54, 1.807) is 11.1 Å². The molecular formula is C15H21N3O2. The van der Waals surface area contributed by atoms with Gasteiger partial charge >= 0.3 is 0 Å². The van der Waals surface area contributed by atoms with Gasteiger partial charge in [-0.05, 0) is 18.1 Å². The molecule has 0 aromatic carbocycles. The monoisotopic (exact) mass is 275 g/mol. The number of hydrogen-bond donors (Lipinski definition) is 1. The van der Waals surface area contributed by atoms with Gasteiger partial charge in [-0.2, -0.15) is 0 Å². The zero-order chi connectivity index (χ0) is 14.5. The third-order valence-corrected chi connectivity index (χ3v) is 3.79. The van der Waals surface area contributed by atoms with Crippen LogP contribution in [-0.4, -0.2) is 34.3 Å². The summed E-state index contributed by atoms with van der Waals surface area (Å²) in [6.07, 6.45) is 2.92. The van der Waals surface area contributed by atoms with E-state index in [1.807, 2.05) is 32.0 Å². The molecule has 1 fully saturated rings. The van der Waals surface area contributed by atoms with E-state index in [-0.39, 0.29) is 17.7 Å². The van der Waals surface area contributed by atoms with Crippen LogP contribution in [0.3, 0.4) is 0 Å². The molecule has 0 bridgehead atoms. The molecular weight excluding hydrogens is 254 g/mol. The minimum Gasteiger partial charge on any atom is -0.344 e. The van der Waals surface area contributed by atoms with Crippen LogP contribution in [0.4, 0.5) is 0 Å². The zero-order valence-corrected chi connectivity index (χ0v) is 12.0. The lowest BCUT2D eigenvalue weighted by Crippen LogP contribution is -2.48. The Morgan fingerprint density at radius 3 is 2.90 bits per heavy atom. The first-order chi connectivity index (χ1) is 9.61. The molecule has 1 N–H and O–H groups in total. The topological polar surface area (TPSA) is 62.3 Å². The van der Waals surface area contributed by atoms with Crippen LogP contribution in [0.2, 0.25) is 0 Å². The van der Waals surface area contributed by atoms with E-state index in [1.165, 1.54) is 0 Å². The first-order valence-corrected chi connectivity index (χ1v) is 7.10. The van der Waals surface area contributed by atoms with Crippen LogP contribution in [0, 0.1) is 5.92 Å². The average molecular weight is 275 g/mol. The van der Waals surface area contributed by atoms with Gasteiger partial charge < -0.3 is 10.2 Å². The van der Waals surface area contributed by atoms with Crippen molar-refractivity contribution in [1.82, 2.24) is 15.2 Å². The third kappa shape index (κ3) is 3.35. The van der Waals surface area contributed by atoms with E-state index >= 15 is 0 Å². The van der Waals surface area contributed by atoms with E-state index in [2.05, 4.69) is 10.3 Å². The van der Waals surface area contributed by atoms with E-state index in [0.29, 0.717) is 19.5 Å². The highest BCUT2D eigenvalue weighted by atomic mass is 16.2. The van der Waals surface area contributed by atoms with Crippen LogP contribution in [0.5, 0.6) is 0 Å². The molecule has 1 aromatic heterocycles. The quantitative estimate of drug-likeness (QED) is 0.902. The highest BCUT2D eigenvalue weighted by Gasteiger charge is 2.32. The standard InChI is InChI=1S/C15H21N3O2/c1-3-11(2)14-15(20)18(9-7-13(19)17-14)10-12-6-4-5-8-16-12/h4-6,8,11,14H,3,7,9-10H2,1-2H3,(H,17,19). The summed E-state index contributed by atoms with van der Waals surface area (Å²) < 4.78 is 0. The van der Waals surface area contributed by atoms with Gasteiger partial charge in [-0.25, -0.2) is 0 Å². The van der Waals surface area contributed by atoms with Crippen LogP contribution in [0.25, 0.3) is 0 Å². The minimum atomic E-state index is -0.418. The molecule has 108 valence electrons. The van der Waals surface area contributed by atoms with Gasteiger partial charge in [0.2, 0.25) is 11.8 Å². The maximum atomic E-state index is 12.6. The smallest absolute Gasteiger partial charge is 0.245 e. The third-order valence-electron chi connectivity index (χ3n) is 3.79. The van der Waals surface area contributed by atoms with E-state index in [0.717, 1.165) is 12.1 Å². The summed E-state index contributed by atoms with van der Waals surface area (Å²) in [5, 5.41) is 2.84. The van der Waals surface area contributed by atoms with Crippen LogP contribution in [0.1, 0.15) is 32.4 Å². The Hall–Kier alpha value is -1.91. The first-order valence-electron chi connectivity index (χ1n) is 7.10. The van der Waals surface area contributed by atoms with E-state index < -0.39 is 6.04 Å². The molecule has 2 amide bonds. The Bertz CT molecular complexity index is 475. The zero-order valence-electron chi connectivity index (χ0n) is 12.0. The molecule has 0 spiro atoms. The van der Waals surface area contributed by atoms with Gasteiger partial charge in [0.25, 0.3) is 0 Å². The molecule has 5 nitrogen and oxygen atoms in total. The lowest BCUT2D eigenvalue weighted by molar-refractivity contribution is -0.135. The van der Waals surface area contributed by atoms with Crippen molar-refractivity contribution in [3.8, 4) is 0 Å². The predicted molar refractivity (Wildman–Crippen MR) is 75.7 cm³/mol. The van der Waals surface area contributed by atoms with Crippen molar-refractivity contribution in [2.45, 2.75) is 39.3 Å². The summed E-state index contributed by atoms with van der Waals surface area (Å²) in [5.74, 6) is 0.0822. The summed E-state index contributed by atoms with van der Waals surface area (Å²) in [5.41, 5.74) is 0.845. The first kappa shape index (κ1) is 14.5. The van der Waals surface area contributed by atoms with Crippen molar-refractivity contribution in [2.75, 3.05) is 6.54 Å². The number of carbonyl (C=O) groups is 2. The maximum absolute atomic E-state index is 12.6. The van der Waals surface area contributed by atoms with Gasteiger partial charge in [-0.3, -0.25) is 14.6 Å². The predicted octanol–water partition coefficient (Wildman–Crippen LogP) is 1.34. The molecule has 2 atom stereocenters. The molecule has 2 unspecified atom stereocenters. The van der Waals surface area contributed by atoms with Crippen molar-refractivity contribution in [3.05, 3.63) is 30.1 Å². The number of carbonyl (C=O) groups excluding carboxylic acids is 2. The van der Waals surface area contributed by atoms with Crippen molar-refractivity contribution in [2.24, 2.45) is 5.92 Å². The minimum absolute atomic E-state index is 0.00384. The van der Waals surface area contributed by atoms with Gasteiger partial charge in [-0.15, -0.1) is 0 Å². The molecule has 1 aliphatic rings. The van der Waals surface area contributed by atoms with Gasteiger partial charge in [0.1, 0.15) is 6.04 Å². The fourth-order valence-electron chi connectivity index (χ4n) is 2.32. The van der Waals surface area contributed by atoms with E-state index in [9.17, 15) is 9.59 Å². The normalized spacial score (nSPS) is 21.3. The fourth-order valence-corrected chi connectivity index (χ4v) is 2.32. The molecule has 5 heteroatoms. The van der Waals surface area contributed by atoms with Crippen LogP contribution >= 0.6 is 0 Å². The van der Waals surface area contributed by atoms with Gasteiger partial charge in [-0.1, -0.05) is 26.3 Å². The summed E-state index contributed by atoms with van der Waals surface area (Å²) >= 11 is 0. The highest BCUT2D eigenvalue weighted by Crippen LogP contribution is 2.15. The summed E-state index contributed by atoms with van der Waals surface area (Å²) in [6.45, 7) is 4.93. The molecule has 0 radical (unpaired) electrons. The largest absolute Gasteiger partial charge is 0.344 e. The van der Waals surface area contributed by atoms with Crippen LogP contribution < -0.4 is 5.32 Å². The lowest BCUT2D eigenvalue weighted by atomic mass is 9.98. The molecule has 1 aromatic rings.